The third-order valence-electron chi connectivity index (χ3n) is 3.38. The SMILES string of the molecule is O=S(=O)(NC1CCCC1)[C@@H]1CCCNC1. The minimum Gasteiger partial charge on any atom is -0.315 e. The lowest BCUT2D eigenvalue weighted by Gasteiger charge is -2.24. The van der Waals surface area contributed by atoms with Crippen molar-refractivity contribution >= 4 is 10.0 Å². The molecule has 0 aromatic rings. The van der Waals surface area contributed by atoms with Crippen molar-refractivity contribution in [3.8, 4) is 0 Å². The molecule has 0 radical (unpaired) electrons. The first kappa shape index (κ1) is 11.4. The van der Waals surface area contributed by atoms with Crippen molar-refractivity contribution in [2.24, 2.45) is 0 Å². The number of nitrogens with one attached hydrogen (secondary N) is 2. The van der Waals surface area contributed by atoms with Gasteiger partial charge in [-0.05, 0) is 32.2 Å². The molecule has 1 atom stereocenters. The number of piperidine rings is 1. The van der Waals surface area contributed by atoms with Gasteiger partial charge in [0.2, 0.25) is 10.0 Å². The molecule has 1 heterocycles. The van der Waals surface area contributed by atoms with E-state index in [-0.39, 0.29) is 11.3 Å². The molecule has 0 bridgehead atoms. The van der Waals surface area contributed by atoms with Gasteiger partial charge in [0.1, 0.15) is 0 Å². The molecule has 2 aliphatic rings. The van der Waals surface area contributed by atoms with E-state index in [1.54, 1.807) is 0 Å². The topological polar surface area (TPSA) is 58.2 Å². The van der Waals surface area contributed by atoms with E-state index in [1.165, 1.54) is 0 Å². The average Bonchev–Trinajstić information content (AvgIpc) is 2.71. The Morgan fingerprint density at radius 2 is 1.80 bits per heavy atom. The highest BCUT2D eigenvalue weighted by molar-refractivity contribution is 7.90. The molecule has 0 aromatic heterocycles. The Bertz CT molecular complexity index is 291. The van der Waals surface area contributed by atoms with E-state index >= 15 is 0 Å². The van der Waals surface area contributed by atoms with Gasteiger partial charge in [-0.15, -0.1) is 0 Å². The summed E-state index contributed by atoms with van der Waals surface area (Å²) in [6.07, 6.45) is 6.12. The smallest absolute Gasteiger partial charge is 0.215 e. The van der Waals surface area contributed by atoms with Crippen molar-refractivity contribution in [1.82, 2.24) is 10.0 Å². The minimum atomic E-state index is -3.08. The van der Waals surface area contributed by atoms with E-state index in [4.69, 9.17) is 0 Å². The summed E-state index contributed by atoms with van der Waals surface area (Å²) in [4.78, 5) is 0. The Hall–Kier alpha value is -0.130. The molecule has 0 unspecified atom stereocenters. The summed E-state index contributed by atoms with van der Waals surface area (Å²) in [6.45, 7) is 1.57. The molecule has 1 aliphatic carbocycles. The van der Waals surface area contributed by atoms with Crippen LogP contribution in [0.1, 0.15) is 38.5 Å². The number of hydrogen-bond donors (Lipinski definition) is 2. The second kappa shape index (κ2) is 4.80. The van der Waals surface area contributed by atoms with Gasteiger partial charge in [-0.25, -0.2) is 13.1 Å². The summed E-state index contributed by atoms with van der Waals surface area (Å²) in [5, 5.41) is 2.93. The summed E-state index contributed by atoms with van der Waals surface area (Å²) < 4.78 is 26.8. The number of hydrogen-bond acceptors (Lipinski definition) is 3. The van der Waals surface area contributed by atoms with Crippen LogP contribution in [0.4, 0.5) is 0 Å². The van der Waals surface area contributed by atoms with Crippen molar-refractivity contribution < 1.29 is 8.42 Å². The van der Waals surface area contributed by atoms with Gasteiger partial charge in [0.15, 0.2) is 0 Å². The third-order valence-corrected chi connectivity index (χ3v) is 5.32. The molecule has 0 spiro atoms. The molecule has 1 saturated carbocycles. The summed E-state index contributed by atoms with van der Waals surface area (Å²) in [6, 6.07) is 0.205. The fourth-order valence-corrected chi connectivity index (χ4v) is 4.16. The molecule has 15 heavy (non-hydrogen) atoms. The zero-order valence-electron chi connectivity index (χ0n) is 9.04. The Morgan fingerprint density at radius 3 is 2.40 bits per heavy atom. The van der Waals surface area contributed by atoms with Crippen LogP contribution < -0.4 is 10.0 Å². The molecule has 0 aromatic carbocycles. The lowest BCUT2D eigenvalue weighted by Crippen LogP contribution is -2.46. The fourth-order valence-electron chi connectivity index (χ4n) is 2.46. The fraction of sp³-hybridized carbons (Fsp3) is 1.00. The van der Waals surface area contributed by atoms with Gasteiger partial charge in [0.25, 0.3) is 0 Å². The van der Waals surface area contributed by atoms with Gasteiger partial charge in [-0.1, -0.05) is 12.8 Å². The quantitative estimate of drug-likeness (QED) is 0.749. The second-order valence-corrected chi connectivity index (χ2v) is 6.60. The molecule has 2 fully saturated rings. The van der Waals surface area contributed by atoms with Crippen molar-refractivity contribution in [2.45, 2.75) is 49.8 Å². The normalized spacial score (nSPS) is 29.5. The largest absolute Gasteiger partial charge is 0.315 e. The van der Waals surface area contributed by atoms with Crippen LogP contribution in [0.5, 0.6) is 0 Å². The molecule has 5 heteroatoms. The second-order valence-electron chi connectivity index (χ2n) is 4.61. The molecule has 4 nitrogen and oxygen atoms in total. The zero-order chi connectivity index (χ0) is 10.7. The highest BCUT2D eigenvalue weighted by Gasteiger charge is 2.30. The van der Waals surface area contributed by atoms with Crippen molar-refractivity contribution in [3.05, 3.63) is 0 Å². The van der Waals surface area contributed by atoms with Crippen molar-refractivity contribution in [3.63, 3.8) is 0 Å². The third kappa shape index (κ3) is 2.92. The summed E-state index contributed by atoms with van der Waals surface area (Å²) >= 11 is 0. The van der Waals surface area contributed by atoms with Crippen LogP contribution >= 0.6 is 0 Å². The average molecular weight is 232 g/mol. The van der Waals surface area contributed by atoms with Gasteiger partial charge in [-0.3, -0.25) is 0 Å². The first-order valence-corrected chi connectivity index (χ1v) is 7.45. The maximum Gasteiger partial charge on any atom is 0.215 e. The zero-order valence-corrected chi connectivity index (χ0v) is 9.85. The van der Waals surface area contributed by atoms with Crippen LogP contribution in [0.3, 0.4) is 0 Å². The van der Waals surface area contributed by atoms with Crippen LogP contribution in [0.2, 0.25) is 0 Å². The van der Waals surface area contributed by atoms with Gasteiger partial charge in [0, 0.05) is 12.6 Å². The summed E-state index contributed by atoms with van der Waals surface area (Å²) in [5.41, 5.74) is 0. The summed E-state index contributed by atoms with van der Waals surface area (Å²) in [7, 11) is -3.08. The Morgan fingerprint density at radius 1 is 1.07 bits per heavy atom. The Labute approximate surface area is 91.9 Å². The first-order chi connectivity index (χ1) is 7.18. The summed E-state index contributed by atoms with van der Waals surface area (Å²) in [5.74, 6) is 0. The van der Waals surface area contributed by atoms with E-state index in [0.717, 1.165) is 45.1 Å². The van der Waals surface area contributed by atoms with Crippen LogP contribution in [-0.4, -0.2) is 32.8 Å². The highest BCUT2D eigenvalue weighted by atomic mass is 32.2. The maximum absolute atomic E-state index is 12.0. The molecule has 2 rings (SSSR count). The van der Waals surface area contributed by atoms with Crippen molar-refractivity contribution in [2.75, 3.05) is 13.1 Å². The highest BCUT2D eigenvalue weighted by Crippen LogP contribution is 2.20. The molecular weight excluding hydrogens is 212 g/mol. The predicted octanol–water partition coefficient (Wildman–Crippen LogP) is 0.600. The Balaban J connectivity index is 1.92. The molecule has 1 saturated heterocycles. The van der Waals surface area contributed by atoms with Crippen LogP contribution in [0.15, 0.2) is 0 Å². The maximum atomic E-state index is 12.0. The van der Waals surface area contributed by atoms with Crippen LogP contribution in [-0.2, 0) is 10.0 Å². The van der Waals surface area contributed by atoms with E-state index in [9.17, 15) is 8.42 Å². The minimum absolute atomic E-state index is 0.205. The van der Waals surface area contributed by atoms with E-state index in [0.29, 0.717) is 6.54 Å². The van der Waals surface area contributed by atoms with Gasteiger partial charge >= 0.3 is 0 Å². The van der Waals surface area contributed by atoms with Crippen LogP contribution in [0, 0.1) is 0 Å². The Kier molecular flexibility index (Phi) is 3.64. The first-order valence-electron chi connectivity index (χ1n) is 5.90. The van der Waals surface area contributed by atoms with Crippen LogP contribution in [0.25, 0.3) is 0 Å². The molecule has 0 amide bonds. The van der Waals surface area contributed by atoms with Crippen molar-refractivity contribution in [1.29, 1.82) is 0 Å². The molecule has 88 valence electrons. The molecule has 2 N–H and O–H groups in total. The van der Waals surface area contributed by atoms with Gasteiger partial charge < -0.3 is 5.32 Å². The molecular formula is C10H20N2O2S. The lowest BCUT2D eigenvalue weighted by molar-refractivity contribution is 0.481. The van der Waals surface area contributed by atoms with E-state index in [2.05, 4.69) is 10.0 Å². The van der Waals surface area contributed by atoms with Gasteiger partial charge in [0.05, 0.1) is 5.25 Å². The lowest BCUT2D eigenvalue weighted by atomic mass is 10.2. The number of rotatable bonds is 3. The predicted molar refractivity (Wildman–Crippen MR) is 60.2 cm³/mol. The number of sulfonamides is 1. The standard InChI is InChI=1S/C10H20N2O2S/c13-15(14,10-6-3-7-11-8-10)12-9-4-1-2-5-9/h9-12H,1-8H2/t10-/m1/s1. The molecule has 1 aliphatic heterocycles. The van der Waals surface area contributed by atoms with Gasteiger partial charge in [-0.2, -0.15) is 0 Å². The van der Waals surface area contributed by atoms with E-state index < -0.39 is 10.0 Å². The monoisotopic (exact) mass is 232 g/mol. The van der Waals surface area contributed by atoms with E-state index in [1.807, 2.05) is 0 Å².